The van der Waals surface area contributed by atoms with E-state index in [9.17, 15) is 9.59 Å². The van der Waals surface area contributed by atoms with Crippen molar-refractivity contribution in [2.75, 3.05) is 13.2 Å². The van der Waals surface area contributed by atoms with Crippen LogP contribution in [0.1, 0.15) is 18.4 Å². The molecule has 152 valence electrons. The first-order chi connectivity index (χ1) is 14.0. The Morgan fingerprint density at radius 1 is 1.14 bits per heavy atom. The second-order valence-corrected chi connectivity index (χ2v) is 7.46. The smallest absolute Gasteiger partial charge is 0.419 e. The van der Waals surface area contributed by atoms with Gasteiger partial charge in [0.1, 0.15) is 0 Å². The van der Waals surface area contributed by atoms with E-state index in [-0.39, 0.29) is 25.4 Å². The van der Waals surface area contributed by atoms with E-state index in [1.165, 1.54) is 4.57 Å². The molecular formula is C20H18Cl2N2O5. The fourth-order valence-electron chi connectivity index (χ4n) is 3.14. The minimum Gasteiger partial charge on any atom is -0.489 e. The van der Waals surface area contributed by atoms with Crippen LogP contribution in [0.3, 0.4) is 0 Å². The molecule has 1 N–H and O–H groups in total. The maximum Gasteiger partial charge on any atom is 0.419 e. The van der Waals surface area contributed by atoms with Gasteiger partial charge in [-0.15, -0.1) is 0 Å². The summed E-state index contributed by atoms with van der Waals surface area (Å²) >= 11 is 12.2. The maximum absolute atomic E-state index is 12.3. The largest absolute Gasteiger partial charge is 0.489 e. The summed E-state index contributed by atoms with van der Waals surface area (Å²) in [7, 11) is 0. The SMILES string of the molecule is O=C(CCn1c(=O)oc2cc(Cl)ccc21)NCc1cc(Cl)c2c(c1)OCCCO2. The van der Waals surface area contributed by atoms with Gasteiger partial charge in [-0.3, -0.25) is 9.36 Å². The number of amides is 1. The molecule has 0 radical (unpaired) electrons. The lowest BCUT2D eigenvalue weighted by atomic mass is 10.2. The quantitative estimate of drug-likeness (QED) is 0.657. The van der Waals surface area contributed by atoms with Crippen molar-refractivity contribution in [3.8, 4) is 11.5 Å². The van der Waals surface area contributed by atoms with Crippen LogP contribution in [0, 0.1) is 0 Å². The minimum atomic E-state index is -0.523. The standard InChI is InChI=1S/C20H18Cl2N2O5/c21-13-2-3-15-16(10-13)29-20(26)24(15)5-4-18(25)23-11-12-8-14(22)19-17(9-12)27-6-1-7-28-19/h2-3,8-10H,1,4-7,11H2,(H,23,25). The highest BCUT2D eigenvalue weighted by atomic mass is 35.5. The van der Waals surface area contributed by atoms with Gasteiger partial charge in [0.05, 0.1) is 23.8 Å². The van der Waals surface area contributed by atoms with Gasteiger partial charge in [-0.25, -0.2) is 4.79 Å². The first kappa shape index (κ1) is 19.7. The third-order valence-electron chi connectivity index (χ3n) is 4.54. The van der Waals surface area contributed by atoms with Gasteiger partial charge < -0.3 is 19.2 Å². The van der Waals surface area contributed by atoms with Crippen molar-refractivity contribution in [1.82, 2.24) is 9.88 Å². The molecule has 0 unspecified atom stereocenters. The summed E-state index contributed by atoms with van der Waals surface area (Å²) in [6, 6.07) is 8.49. The van der Waals surface area contributed by atoms with Crippen molar-refractivity contribution in [3.63, 3.8) is 0 Å². The summed E-state index contributed by atoms with van der Waals surface area (Å²) in [5.74, 6) is 0.382. The van der Waals surface area contributed by atoms with Gasteiger partial charge in [0.2, 0.25) is 5.91 Å². The Morgan fingerprint density at radius 3 is 2.83 bits per heavy atom. The van der Waals surface area contributed by atoms with Crippen LogP contribution in [-0.2, 0) is 17.9 Å². The second-order valence-electron chi connectivity index (χ2n) is 6.61. The zero-order valence-corrected chi connectivity index (χ0v) is 16.9. The van der Waals surface area contributed by atoms with Crippen molar-refractivity contribution >= 4 is 40.2 Å². The van der Waals surface area contributed by atoms with Crippen LogP contribution >= 0.6 is 23.2 Å². The Kier molecular flexibility index (Phi) is 5.69. The third-order valence-corrected chi connectivity index (χ3v) is 5.06. The molecule has 1 aromatic heterocycles. The summed E-state index contributed by atoms with van der Waals surface area (Å²) in [6.07, 6.45) is 0.904. The first-order valence-electron chi connectivity index (χ1n) is 9.15. The molecule has 7 nitrogen and oxygen atoms in total. The first-order valence-corrected chi connectivity index (χ1v) is 9.90. The number of nitrogens with zero attached hydrogens (tertiary/aromatic N) is 1. The summed E-state index contributed by atoms with van der Waals surface area (Å²) in [6.45, 7) is 1.59. The van der Waals surface area contributed by atoms with Gasteiger partial charge in [0.25, 0.3) is 0 Å². The van der Waals surface area contributed by atoms with E-state index in [1.54, 1.807) is 24.3 Å². The van der Waals surface area contributed by atoms with Crippen molar-refractivity contribution in [3.05, 3.63) is 56.5 Å². The Labute approximate surface area is 176 Å². The predicted molar refractivity (Wildman–Crippen MR) is 109 cm³/mol. The monoisotopic (exact) mass is 436 g/mol. The van der Waals surface area contributed by atoms with Crippen LogP contribution in [0.15, 0.2) is 39.5 Å². The van der Waals surface area contributed by atoms with E-state index >= 15 is 0 Å². The van der Waals surface area contributed by atoms with Gasteiger partial charge in [-0.05, 0) is 29.8 Å². The molecule has 0 bridgehead atoms. The molecule has 0 saturated heterocycles. The number of carbonyl (C=O) groups is 1. The van der Waals surface area contributed by atoms with Crippen LogP contribution in [0.2, 0.25) is 10.0 Å². The van der Waals surface area contributed by atoms with E-state index in [0.717, 1.165) is 12.0 Å². The summed E-state index contributed by atoms with van der Waals surface area (Å²) in [5.41, 5.74) is 1.79. The molecule has 29 heavy (non-hydrogen) atoms. The van der Waals surface area contributed by atoms with E-state index in [1.807, 2.05) is 6.07 Å². The number of rotatable bonds is 5. The van der Waals surface area contributed by atoms with Crippen molar-refractivity contribution in [2.24, 2.45) is 0 Å². The van der Waals surface area contributed by atoms with Crippen molar-refractivity contribution in [1.29, 1.82) is 0 Å². The number of aryl methyl sites for hydroxylation is 1. The number of hydrogen-bond donors (Lipinski definition) is 1. The van der Waals surface area contributed by atoms with Crippen LogP contribution < -0.4 is 20.5 Å². The Bertz CT molecular complexity index is 1120. The number of halogens is 2. The number of nitrogens with one attached hydrogen (secondary N) is 1. The van der Waals surface area contributed by atoms with Crippen molar-refractivity contribution in [2.45, 2.75) is 25.9 Å². The number of ether oxygens (including phenoxy) is 2. The predicted octanol–water partition coefficient (Wildman–Crippen LogP) is 3.77. The molecule has 1 aliphatic heterocycles. The topological polar surface area (TPSA) is 82.7 Å². The van der Waals surface area contributed by atoms with Crippen LogP contribution in [-0.4, -0.2) is 23.7 Å². The highest BCUT2D eigenvalue weighted by Gasteiger charge is 2.16. The van der Waals surface area contributed by atoms with E-state index < -0.39 is 5.76 Å². The van der Waals surface area contributed by atoms with Crippen LogP contribution in [0.5, 0.6) is 11.5 Å². The number of carbonyl (C=O) groups excluding carboxylic acids is 1. The molecule has 4 rings (SSSR count). The highest BCUT2D eigenvalue weighted by Crippen LogP contribution is 2.37. The highest BCUT2D eigenvalue weighted by molar-refractivity contribution is 6.32. The van der Waals surface area contributed by atoms with E-state index in [2.05, 4.69) is 5.32 Å². The Hall–Kier alpha value is -2.64. The van der Waals surface area contributed by atoms with Gasteiger partial charge in [0.15, 0.2) is 17.1 Å². The van der Waals surface area contributed by atoms with Gasteiger partial charge >= 0.3 is 5.76 Å². The van der Waals surface area contributed by atoms with E-state index in [4.69, 9.17) is 37.1 Å². The lowest BCUT2D eigenvalue weighted by Crippen LogP contribution is -2.25. The van der Waals surface area contributed by atoms with Crippen LogP contribution in [0.25, 0.3) is 11.1 Å². The normalized spacial score (nSPS) is 13.3. The number of hydrogen-bond acceptors (Lipinski definition) is 5. The zero-order chi connectivity index (χ0) is 20.4. The maximum atomic E-state index is 12.3. The lowest BCUT2D eigenvalue weighted by Gasteiger charge is -2.12. The van der Waals surface area contributed by atoms with Gasteiger partial charge in [0, 0.05) is 37.0 Å². The number of oxazole rings is 1. The Morgan fingerprint density at radius 2 is 1.97 bits per heavy atom. The molecule has 1 amide bonds. The third kappa shape index (κ3) is 4.36. The molecule has 3 aromatic rings. The molecule has 0 aliphatic carbocycles. The molecule has 0 atom stereocenters. The summed E-state index contributed by atoms with van der Waals surface area (Å²) in [5, 5.41) is 3.75. The molecule has 2 aromatic carbocycles. The number of fused-ring (bicyclic) bond motifs is 2. The molecule has 2 heterocycles. The second kappa shape index (κ2) is 8.39. The molecule has 0 fully saturated rings. The average Bonchev–Trinajstić information content (AvgIpc) is 2.84. The van der Waals surface area contributed by atoms with Gasteiger partial charge in [-0.1, -0.05) is 23.2 Å². The molecule has 0 spiro atoms. The molecule has 0 saturated carbocycles. The fourth-order valence-corrected chi connectivity index (χ4v) is 3.59. The summed E-state index contributed by atoms with van der Waals surface area (Å²) in [4.78, 5) is 24.3. The molecule has 9 heteroatoms. The van der Waals surface area contributed by atoms with Crippen molar-refractivity contribution < 1.29 is 18.7 Å². The fraction of sp³-hybridized carbons (Fsp3) is 0.300. The zero-order valence-electron chi connectivity index (χ0n) is 15.4. The molecule has 1 aliphatic rings. The van der Waals surface area contributed by atoms with Crippen LogP contribution in [0.4, 0.5) is 0 Å². The lowest BCUT2D eigenvalue weighted by molar-refractivity contribution is -0.121. The number of aromatic nitrogens is 1. The number of benzene rings is 2. The molecular weight excluding hydrogens is 419 g/mol. The van der Waals surface area contributed by atoms with Gasteiger partial charge in [-0.2, -0.15) is 0 Å². The summed E-state index contributed by atoms with van der Waals surface area (Å²) < 4.78 is 17.8. The average molecular weight is 437 g/mol. The Balaban J connectivity index is 1.39. The minimum absolute atomic E-state index is 0.120. The van der Waals surface area contributed by atoms with E-state index in [0.29, 0.717) is 45.9 Å².